The van der Waals surface area contributed by atoms with Gasteiger partial charge < -0.3 is 15.6 Å². The molecule has 33 heavy (non-hydrogen) atoms. The Balaban J connectivity index is 1.92. The normalized spacial score (nSPS) is 19.7. The van der Waals surface area contributed by atoms with Crippen LogP contribution in [0.15, 0.2) is 35.7 Å². The first-order valence-corrected chi connectivity index (χ1v) is 10.3. The van der Waals surface area contributed by atoms with Crippen molar-refractivity contribution < 1.29 is 13.6 Å². The molecule has 172 valence electrons. The van der Waals surface area contributed by atoms with Gasteiger partial charge >= 0.3 is 0 Å². The van der Waals surface area contributed by atoms with E-state index in [-0.39, 0.29) is 35.7 Å². The number of aromatic nitrogens is 2. The van der Waals surface area contributed by atoms with E-state index in [9.17, 15) is 18.8 Å². The maximum Gasteiger partial charge on any atom is 0.265 e. The van der Waals surface area contributed by atoms with Crippen LogP contribution in [0.2, 0.25) is 5.02 Å². The average molecular weight is 475 g/mol. The van der Waals surface area contributed by atoms with Gasteiger partial charge in [0, 0.05) is 19.2 Å². The van der Waals surface area contributed by atoms with Gasteiger partial charge in [0.25, 0.3) is 11.8 Å². The van der Waals surface area contributed by atoms with Crippen molar-refractivity contribution >= 4 is 41.6 Å². The first-order chi connectivity index (χ1) is 15.7. The SMILES string of the molecule is C[C@@H]1CC(F)(F)CN(C(=O)c2cc(C#N)ccc2N/N=C\C=N)C1CNc1ncc(Cl)cn1. The summed E-state index contributed by atoms with van der Waals surface area (Å²) in [4.78, 5) is 22.7. The number of hydrogen-bond acceptors (Lipinski definition) is 8. The smallest absolute Gasteiger partial charge is 0.265 e. The highest BCUT2D eigenvalue weighted by molar-refractivity contribution is 6.30. The van der Waals surface area contributed by atoms with Crippen molar-refractivity contribution in [3.05, 3.63) is 46.7 Å². The summed E-state index contributed by atoms with van der Waals surface area (Å²) in [6.07, 6.45) is 4.52. The van der Waals surface area contributed by atoms with E-state index >= 15 is 0 Å². The standard InChI is InChI=1S/C21H21ClF2N8O/c1-13-7-21(23,24)12-32(18(13)11-29-20-27-9-15(22)10-28-20)19(33)16-6-14(8-26)2-3-17(16)31-30-5-4-25/h2-6,9-10,13,18,25,31H,7,11-12H2,1H3,(H,27,28,29)/b25-4?,30-5-/t13-,18?/m1/s1. The molecule has 1 aliphatic heterocycles. The topological polar surface area (TPSA) is 130 Å². The molecule has 1 aromatic carbocycles. The van der Waals surface area contributed by atoms with Crippen molar-refractivity contribution in [2.75, 3.05) is 23.8 Å². The van der Waals surface area contributed by atoms with Gasteiger partial charge in [-0.05, 0) is 24.1 Å². The Hall–Kier alpha value is -3.65. The Morgan fingerprint density at radius 2 is 2.18 bits per heavy atom. The molecule has 1 saturated heterocycles. The highest BCUT2D eigenvalue weighted by atomic mass is 35.5. The van der Waals surface area contributed by atoms with Crippen LogP contribution in [0.5, 0.6) is 0 Å². The molecule has 3 rings (SSSR count). The van der Waals surface area contributed by atoms with Gasteiger partial charge in [0.2, 0.25) is 5.95 Å². The molecule has 0 radical (unpaired) electrons. The summed E-state index contributed by atoms with van der Waals surface area (Å²) < 4.78 is 29.0. The lowest BCUT2D eigenvalue weighted by Crippen LogP contribution is -2.57. The van der Waals surface area contributed by atoms with E-state index in [1.807, 2.05) is 6.07 Å². The molecule has 12 heteroatoms. The number of nitriles is 1. The summed E-state index contributed by atoms with van der Waals surface area (Å²) in [5.41, 5.74) is 3.07. The lowest BCUT2D eigenvalue weighted by Gasteiger charge is -2.43. The highest BCUT2D eigenvalue weighted by Crippen LogP contribution is 2.36. The van der Waals surface area contributed by atoms with Crippen molar-refractivity contribution in [1.29, 1.82) is 10.7 Å². The van der Waals surface area contributed by atoms with Crippen LogP contribution in [0.25, 0.3) is 0 Å². The predicted octanol–water partition coefficient (Wildman–Crippen LogP) is 3.65. The van der Waals surface area contributed by atoms with Crippen LogP contribution in [0.1, 0.15) is 29.3 Å². The van der Waals surface area contributed by atoms with E-state index in [0.717, 1.165) is 17.3 Å². The maximum atomic E-state index is 14.5. The quantitative estimate of drug-likeness (QED) is 0.415. The van der Waals surface area contributed by atoms with Crippen LogP contribution >= 0.6 is 11.6 Å². The highest BCUT2D eigenvalue weighted by Gasteiger charge is 2.46. The predicted molar refractivity (Wildman–Crippen MR) is 121 cm³/mol. The minimum absolute atomic E-state index is 0.0221. The average Bonchev–Trinajstić information content (AvgIpc) is 2.78. The molecule has 1 aliphatic rings. The van der Waals surface area contributed by atoms with Crippen molar-refractivity contribution in [2.24, 2.45) is 11.0 Å². The van der Waals surface area contributed by atoms with E-state index < -0.39 is 30.3 Å². The fourth-order valence-electron chi connectivity index (χ4n) is 3.67. The minimum Gasteiger partial charge on any atom is -0.352 e. The second-order valence-corrected chi connectivity index (χ2v) is 8.01. The van der Waals surface area contributed by atoms with Gasteiger partial charge in [-0.3, -0.25) is 10.2 Å². The Bertz CT molecular complexity index is 1090. The van der Waals surface area contributed by atoms with Crippen LogP contribution < -0.4 is 10.7 Å². The summed E-state index contributed by atoms with van der Waals surface area (Å²) in [6, 6.07) is 5.62. The molecule has 2 atom stereocenters. The number of nitrogens with one attached hydrogen (secondary N) is 3. The number of halogens is 3. The lowest BCUT2D eigenvalue weighted by molar-refractivity contribution is -0.0897. The molecule has 1 amide bonds. The zero-order chi connectivity index (χ0) is 24.0. The number of hydrazone groups is 1. The van der Waals surface area contributed by atoms with E-state index in [0.29, 0.717) is 5.02 Å². The largest absolute Gasteiger partial charge is 0.352 e. The van der Waals surface area contributed by atoms with E-state index in [4.69, 9.17) is 17.0 Å². The fraction of sp³-hybridized carbons (Fsp3) is 0.333. The first-order valence-electron chi connectivity index (χ1n) is 9.96. The molecular formula is C21H21ClF2N8O. The molecule has 0 aliphatic carbocycles. The second kappa shape index (κ2) is 10.3. The summed E-state index contributed by atoms with van der Waals surface area (Å²) in [5, 5.41) is 23.4. The van der Waals surface area contributed by atoms with E-state index in [1.165, 1.54) is 30.6 Å². The number of benzene rings is 1. The summed E-state index contributed by atoms with van der Waals surface area (Å²) in [6.45, 7) is 1.02. The molecule has 1 aromatic heterocycles. The monoisotopic (exact) mass is 474 g/mol. The van der Waals surface area contributed by atoms with Gasteiger partial charge in [0.1, 0.15) is 0 Å². The second-order valence-electron chi connectivity index (χ2n) is 7.57. The molecule has 0 bridgehead atoms. The van der Waals surface area contributed by atoms with Crippen LogP contribution in [-0.2, 0) is 0 Å². The van der Waals surface area contributed by atoms with Gasteiger partial charge in [-0.25, -0.2) is 18.7 Å². The molecule has 9 nitrogen and oxygen atoms in total. The Morgan fingerprint density at radius 3 is 2.85 bits per heavy atom. The van der Waals surface area contributed by atoms with E-state index in [1.54, 1.807) is 6.92 Å². The zero-order valence-corrected chi connectivity index (χ0v) is 18.4. The lowest BCUT2D eigenvalue weighted by atomic mass is 9.87. The number of rotatable bonds is 7. The van der Waals surface area contributed by atoms with Gasteiger partial charge in [0.15, 0.2) is 0 Å². The maximum absolute atomic E-state index is 14.5. The summed E-state index contributed by atoms with van der Waals surface area (Å²) in [5.74, 6) is -4.02. The van der Waals surface area contributed by atoms with Gasteiger partial charge in [-0.2, -0.15) is 10.4 Å². The number of carbonyl (C=O) groups is 1. The number of carbonyl (C=O) groups excluding carboxylic acids is 1. The Kier molecular flexibility index (Phi) is 7.50. The number of alkyl halides is 2. The van der Waals surface area contributed by atoms with Crippen LogP contribution in [0.3, 0.4) is 0 Å². The van der Waals surface area contributed by atoms with Crippen molar-refractivity contribution in [3.63, 3.8) is 0 Å². The third-order valence-corrected chi connectivity index (χ3v) is 5.34. The van der Waals surface area contributed by atoms with Crippen molar-refractivity contribution in [1.82, 2.24) is 14.9 Å². The first kappa shape index (κ1) is 24.0. The molecule has 1 unspecified atom stereocenters. The number of likely N-dealkylation sites (tertiary alicyclic amines) is 1. The molecule has 1 fully saturated rings. The van der Waals surface area contributed by atoms with Crippen LogP contribution in [-0.4, -0.2) is 58.3 Å². The van der Waals surface area contributed by atoms with Crippen LogP contribution in [0.4, 0.5) is 20.4 Å². The number of amides is 1. The summed E-state index contributed by atoms with van der Waals surface area (Å²) in [7, 11) is 0. The molecular weight excluding hydrogens is 454 g/mol. The van der Waals surface area contributed by atoms with Gasteiger partial charge in [-0.1, -0.05) is 18.5 Å². The van der Waals surface area contributed by atoms with Crippen molar-refractivity contribution in [2.45, 2.75) is 25.3 Å². The zero-order valence-electron chi connectivity index (χ0n) is 17.6. The van der Waals surface area contributed by atoms with Crippen molar-refractivity contribution in [3.8, 4) is 6.07 Å². The van der Waals surface area contributed by atoms with Gasteiger partial charge in [-0.15, -0.1) is 0 Å². The third-order valence-electron chi connectivity index (χ3n) is 5.14. The number of anilines is 2. The molecule has 3 N–H and O–H groups in total. The minimum atomic E-state index is -3.07. The van der Waals surface area contributed by atoms with E-state index in [2.05, 4.69) is 25.8 Å². The fourth-order valence-corrected chi connectivity index (χ4v) is 3.76. The van der Waals surface area contributed by atoms with Crippen LogP contribution in [0, 0.1) is 22.7 Å². The number of hydrogen-bond donors (Lipinski definition) is 3. The van der Waals surface area contributed by atoms with Gasteiger partial charge in [0.05, 0.1) is 59.1 Å². The molecule has 2 heterocycles. The Labute approximate surface area is 194 Å². The Morgan fingerprint density at radius 1 is 1.45 bits per heavy atom. The molecule has 0 spiro atoms. The number of nitrogens with zero attached hydrogens (tertiary/aromatic N) is 5. The molecule has 2 aromatic rings. The number of piperidine rings is 1. The third kappa shape index (κ3) is 5.98. The summed E-state index contributed by atoms with van der Waals surface area (Å²) >= 11 is 5.79. The molecule has 0 saturated carbocycles.